The minimum atomic E-state index is 0.0193. The van der Waals surface area contributed by atoms with E-state index in [2.05, 4.69) is 69.7 Å². The van der Waals surface area contributed by atoms with Crippen LogP contribution in [0.4, 0.5) is 11.8 Å². The van der Waals surface area contributed by atoms with Gasteiger partial charge in [-0.2, -0.15) is 0 Å². The van der Waals surface area contributed by atoms with Crippen molar-refractivity contribution < 1.29 is 4.79 Å². The maximum absolute atomic E-state index is 12.9. The first-order valence-corrected chi connectivity index (χ1v) is 12.5. The predicted octanol–water partition coefficient (Wildman–Crippen LogP) is 4.38. The zero-order chi connectivity index (χ0) is 25.2. The van der Waals surface area contributed by atoms with Crippen molar-refractivity contribution in [2.45, 2.75) is 39.8 Å². The van der Waals surface area contributed by atoms with Crippen molar-refractivity contribution in [3.8, 4) is 11.3 Å². The maximum atomic E-state index is 12.9. The first-order valence-electron chi connectivity index (χ1n) is 12.5. The number of pyridine rings is 2. The lowest BCUT2D eigenvalue weighted by atomic mass is 10.1. The van der Waals surface area contributed by atoms with Gasteiger partial charge in [0, 0.05) is 74.0 Å². The molecule has 0 radical (unpaired) electrons. The number of fused-ring (bicyclic) bond motifs is 1. The summed E-state index contributed by atoms with van der Waals surface area (Å²) in [5, 5.41) is 4.22. The molecule has 4 aromatic rings. The second-order valence-corrected chi connectivity index (χ2v) is 9.66. The van der Waals surface area contributed by atoms with Crippen LogP contribution in [-0.4, -0.2) is 72.4 Å². The van der Waals surface area contributed by atoms with Gasteiger partial charge in [-0.3, -0.25) is 9.69 Å². The first kappa shape index (κ1) is 23.9. The zero-order valence-corrected chi connectivity index (χ0v) is 21.2. The molecule has 0 atom stereocenters. The van der Waals surface area contributed by atoms with E-state index in [9.17, 15) is 4.79 Å². The summed E-state index contributed by atoms with van der Waals surface area (Å²) in [5.74, 6) is 1.05. The number of rotatable bonds is 6. The molecule has 1 aliphatic rings. The Hall–Kier alpha value is -3.85. The van der Waals surface area contributed by atoms with Crippen molar-refractivity contribution in [2.24, 2.45) is 0 Å². The van der Waals surface area contributed by atoms with Gasteiger partial charge in [-0.25, -0.2) is 19.9 Å². The Balaban J connectivity index is 1.31. The van der Waals surface area contributed by atoms with Gasteiger partial charge in [0.2, 0.25) is 5.95 Å². The quantitative estimate of drug-likeness (QED) is 0.434. The topological polar surface area (TPSA) is 92.1 Å². The van der Waals surface area contributed by atoms with Crippen molar-refractivity contribution in [2.75, 3.05) is 31.5 Å². The average molecular weight is 485 g/mol. The molecule has 186 valence electrons. The van der Waals surface area contributed by atoms with Crippen LogP contribution in [-0.2, 0) is 0 Å². The molecule has 0 aromatic carbocycles. The normalized spacial score (nSPS) is 14.7. The minimum Gasteiger partial charge on any atom is -0.336 e. The van der Waals surface area contributed by atoms with E-state index >= 15 is 0 Å². The van der Waals surface area contributed by atoms with Crippen LogP contribution in [0.1, 0.15) is 44.1 Å². The minimum absolute atomic E-state index is 0.0193. The van der Waals surface area contributed by atoms with Crippen molar-refractivity contribution in [1.29, 1.82) is 0 Å². The fraction of sp³-hybridized carbons (Fsp3) is 0.370. The number of anilines is 2. The Morgan fingerprint density at radius 3 is 2.42 bits per heavy atom. The van der Waals surface area contributed by atoms with Crippen LogP contribution in [0.3, 0.4) is 0 Å². The van der Waals surface area contributed by atoms with Gasteiger partial charge >= 0.3 is 0 Å². The lowest BCUT2D eigenvalue weighted by Gasteiger charge is -2.36. The Kier molecular flexibility index (Phi) is 6.65. The van der Waals surface area contributed by atoms with Crippen LogP contribution >= 0.6 is 0 Å². The summed E-state index contributed by atoms with van der Waals surface area (Å²) in [6.45, 7) is 11.9. The van der Waals surface area contributed by atoms with Gasteiger partial charge in [-0.15, -0.1) is 0 Å². The second-order valence-electron chi connectivity index (χ2n) is 9.66. The molecular weight excluding hydrogens is 452 g/mol. The van der Waals surface area contributed by atoms with Crippen LogP contribution in [0.25, 0.3) is 22.3 Å². The van der Waals surface area contributed by atoms with E-state index in [1.165, 1.54) is 0 Å². The Labute approximate surface area is 211 Å². The third kappa shape index (κ3) is 4.79. The van der Waals surface area contributed by atoms with Crippen molar-refractivity contribution >= 4 is 28.7 Å². The van der Waals surface area contributed by atoms with E-state index < -0.39 is 0 Å². The molecule has 0 unspecified atom stereocenters. The van der Waals surface area contributed by atoms with Gasteiger partial charge in [0.15, 0.2) is 0 Å². The molecule has 1 saturated heterocycles. The lowest BCUT2D eigenvalue weighted by molar-refractivity contribution is 0.0595. The van der Waals surface area contributed by atoms with E-state index in [4.69, 9.17) is 4.98 Å². The molecule has 0 spiro atoms. The number of carbonyl (C=O) groups excluding carboxylic acids is 1. The van der Waals surface area contributed by atoms with Crippen LogP contribution in [0.15, 0.2) is 55.1 Å². The Morgan fingerprint density at radius 2 is 1.72 bits per heavy atom. The molecule has 0 bridgehead atoms. The van der Waals surface area contributed by atoms with Crippen LogP contribution in [0.5, 0.6) is 0 Å². The highest BCUT2D eigenvalue weighted by molar-refractivity contribution is 5.94. The summed E-state index contributed by atoms with van der Waals surface area (Å²) in [5.41, 5.74) is 3.33. The lowest BCUT2D eigenvalue weighted by Crippen LogP contribution is -2.50. The second kappa shape index (κ2) is 10.0. The molecule has 1 N–H and O–H groups in total. The van der Waals surface area contributed by atoms with E-state index in [1.807, 2.05) is 23.2 Å². The van der Waals surface area contributed by atoms with E-state index in [0.717, 1.165) is 48.5 Å². The average Bonchev–Trinajstić information content (AvgIpc) is 3.29. The van der Waals surface area contributed by atoms with Crippen molar-refractivity contribution in [1.82, 2.24) is 34.3 Å². The molecule has 0 saturated carbocycles. The van der Waals surface area contributed by atoms with Gasteiger partial charge in [-0.1, -0.05) is 0 Å². The largest absolute Gasteiger partial charge is 0.336 e. The monoisotopic (exact) mass is 484 g/mol. The number of carbonyl (C=O) groups is 1. The Morgan fingerprint density at radius 1 is 0.917 bits per heavy atom. The third-order valence-electron chi connectivity index (χ3n) is 6.66. The zero-order valence-electron chi connectivity index (χ0n) is 21.2. The van der Waals surface area contributed by atoms with Gasteiger partial charge in [0.05, 0.1) is 11.3 Å². The Bertz CT molecular complexity index is 1350. The number of amides is 1. The first-order chi connectivity index (χ1) is 17.4. The predicted molar refractivity (Wildman–Crippen MR) is 141 cm³/mol. The molecule has 9 nitrogen and oxygen atoms in total. The fourth-order valence-corrected chi connectivity index (χ4v) is 4.58. The molecule has 1 amide bonds. The molecule has 4 aromatic heterocycles. The molecule has 0 aliphatic carbocycles. The van der Waals surface area contributed by atoms with Crippen molar-refractivity contribution in [3.63, 3.8) is 0 Å². The molecule has 5 heterocycles. The summed E-state index contributed by atoms with van der Waals surface area (Å²) < 4.78 is 2.15. The smallest absolute Gasteiger partial charge is 0.255 e. The molecular formula is C27H32N8O. The fourth-order valence-electron chi connectivity index (χ4n) is 4.58. The summed E-state index contributed by atoms with van der Waals surface area (Å²) in [7, 11) is 0. The van der Waals surface area contributed by atoms with E-state index in [-0.39, 0.29) is 11.9 Å². The van der Waals surface area contributed by atoms with Gasteiger partial charge in [0.1, 0.15) is 11.5 Å². The molecule has 9 heteroatoms. The molecule has 5 rings (SSSR count). The van der Waals surface area contributed by atoms with Crippen molar-refractivity contribution in [3.05, 3.63) is 60.7 Å². The highest BCUT2D eigenvalue weighted by Crippen LogP contribution is 2.30. The third-order valence-corrected chi connectivity index (χ3v) is 6.66. The highest BCUT2D eigenvalue weighted by atomic mass is 16.2. The van der Waals surface area contributed by atoms with Gasteiger partial charge < -0.3 is 14.8 Å². The highest BCUT2D eigenvalue weighted by Gasteiger charge is 2.23. The molecule has 1 aliphatic heterocycles. The number of piperazine rings is 1. The maximum Gasteiger partial charge on any atom is 0.255 e. The SMILES string of the molecule is CC(C)N1CCN(C(=O)c2ccc(Nc3nccc(-c4cn(C(C)C)c5ncccc45)n3)nc2)CC1. The van der Waals surface area contributed by atoms with Crippen LogP contribution < -0.4 is 5.32 Å². The molecule has 1 fully saturated rings. The number of nitrogens with one attached hydrogen (secondary N) is 1. The van der Waals surface area contributed by atoms with E-state index in [1.54, 1.807) is 24.5 Å². The van der Waals surface area contributed by atoms with E-state index in [0.29, 0.717) is 23.4 Å². The van der Waals surface area contributed by atoms with Crippen LogP contribution in [0, 0.1) is 0 Å². The summed E-state index contributed by atoms with van der Waals surface area (Å²) in [4.78, 5) is 35.3. The number of nitrogens with zero attached hydrogens (tertiary/aromatic N) is 7. The summed E-state index contributed by atoms with van der Waals surface area (Å²) in [6, 6.07) is 10.3. The summed E-state index contributed by atoms with van der Waals surface area (Å²) >= 11 is 0. The number of aromatic nitrogens is 5. The summed E-state index contributed by atoms with van der Waals surface area (Å²) in [6.07, 6.45) is 7.25. The standard InChI is InChI=1S/C27H32N8O/c1-18(2)33-12-14-34(15-13-33)26(36)20-7-8-24(30-16-20)32-27-29-11-9-23(31-27)22-17-35(19(3)4)25-21(22)6-5-10-28-25/h5-11,16-19H,12-15H2,1-4H3,(H,29,30,31,32). The number of hydrogen-bond donors (Lipinski definition) is 1. The van der Waals surface area contributed by atoms with Gasteiger partial charge in [-0.05, 0) is 58.0 Å². The van der Waals surface area contributed by atoms with Gasteiger partial charge in [0.25, 0.3) is 5.91 Å². The van der Waals surface area contributed by atoms with Crippen LogP contribution in [0.2, 0.25) is 0 Å². The molecule has 36 heavy (non-hydrogen) atoms. The number of hydrogen-bond acceptors (Lipinski definition) is 7.